The van der Waals surface area contributed by atoms with Gasteiger partial charge in [0.05, 0.1) is 12.8 Å². The van der Waals surface area contributed by atoms with Crippen LogP contribution in [0.1, 0.15) is 25.7 Å². The van der Waals surface area contributed by atoms with Crippen molar-refractivity contribution in [2.45, 2.75) is 25.7 Å². The maximum absolute atomic E-state index is 10.2. The summed E-state index contributed by atoms with van der Waals surface area (Å²) < 4.78 is 0. The molecule has 0 aliphatic carbocycles. The van der Waals surface area contributed by atoms with E-state index in [1.807, 2.05) is 0 Å². The summed E-state index contributed by atoms with van der Waals surface area (Å²) in [5.74, 6) is -1.58. The Labute approximate surface area is 95.0 Å². The molecule has 0 saturated heterocycles. The summed E-state index contributed by atoms with van der Waals surface area (Å²) in [4.78, 5) is 20.3. The summed E-state index contributed by atoms with van der Waals surface area (Å²) in [6.45, 7) is 2.60. The predicted molar refractivity (Wildman–Crippen MR) is 59.5 cm³/mol. The Kier molecular flexibility index (Phi) is 9.64. The van der Waals surface area contributed by atoms with Gasteiger partial charge in [0.15, 0.2) is 0 Å². The van der Waals surface area contributed by atoms with E-state index < -0.39 is 11.9 Å². The lowest BCUT2D eigenvalue weighted by atomic mass is 10.3. The maximum atomic E-state index is 10.2. The van der Waals surface area contributed by atoms with Gasteiger partial charge in [0.25, 0.3) is 0 Å². The molecule has 0 unspecified atom stereocenters. The molecule has 0 aromatic carbocycles. The third kappa shape index (κ3) is 12.9. The minimum atomic E-state index is -0.789. The lowest BCUT2D eigenvalue weighted by Gasteiger charge is -2.04. The zero-order valence-electron chi connectivity index (χ0n) is 9.37. The molecule has 6 nitrogen and oxygen atoms in total. The molecule has 6 heteroatoms. The minimum Gasteiger partial charge on any atom is -0.481 e. The highest BCUT2D eigenvalue weighted by Gasteiger charge is 1.96. The Morgan fingerprint density at radius 1 is 0.750 bits per heavy atom. The number of aliphatic carboxylic acids is 2. The van der Waals surface area contributed by atoms with Crippen molar-refractivity contribution in [3.63, 3.8) is 0 Å². The van der Waals surface area contributed by atoms with Crippen LogP contribution in [0.25, 0.3) is 0 Å². The van der Waals surface area contributed by atoms with Crippen LogP contribution in [0.5, 0.6) is 0 Å². The highest BCUT2D eigenvalue weighted by atomic mass is 16.4. The molecule has 0 amide bonds. The monoisotopic (exact) mass is 232 g/mol. The fourth-order valence-corrected chi connectivity index (χ4v) is 1.14. The Morgan fingerprint density at radius 2 is 1.12 bits per heavy atom. The van der Waals surface area contributed by atoms with Crippen LogP contribution < -0.4 is 10.6 Å². The van der Waals surface area contributed by atoms with E-state index in [4.69, 9.17) is 10.2 Å². The van der Waals surface area contributed by atoms with Gasteiger partial charge < -0.3 is 20.8 Å². The van der Waals surface area contributed by atoms with E-state index in [0.29, 0.717) is 13.1 Å². The van der Waals surface area contributed by atoms with Crippen LogP contribution in [-0.2, 0) is 9.59 Å². The van der Waals surface area contributed by atoms with Crippen LogP contribution in [0.3, 0.4) is 0 Å². The van der Waals surface area contributed by atoms with Gasteiger partial charge in [0.1, 0.15) is 0 Å². The molecule has 0 rings (SSSR count). The normalized spacial score (nSPS) is 10.2. The Morgan fingerprint density at radius 3 is 1.44 bits per heavy atom. The summed E-state index contributed by atoms with van der Waals surface area (Å²) in [7, 11) is 0. The van der Waals surface area contributed by atoms with Gasteiger partial charge in [-0.05, 0) is 25.9 Å². The number of carboxylic acids is 2. The molecule has 0 aliphatic rings. The van der Waals surface area contributed by atoms with Crippen LogP contribution in [-0.4, -0.2) is 48.3 Å². The smallest absolute Gasteiger partial charge is 0.304 e. The number of hydrogen-bond acceptors (Lipinski definition) is 4. The van der Waals surface area contributed by atoms with Crippen molar-refractivity contribution >= 4 is 11.9 Å². The standard InChI is InChI=1S/C10H20N2O4/c13-9(14)3-7-11-5-1-2-6-12-8-4-10(15)16/h11-12H,1-8H2,(H,13,14)(H,15,16). The van der Waals surface area contributed by atoms with Gasteiger partial charge in [-0.2, -0.15) is 0 Å². The van der Waals surface area contributed by atoms with Crippen molar-refractivity contribution < 1.29 is 19.8 Å². The van der Waals surface area contributed by atoms with E-state index in [-0.39, 0.29) is 12.8 Å². The highest BCUT2D eigenvalue weighted by Crippen LogP contribution is 1.86. The van der Waals surface area contributed by atoms with Crippen molar-refractivity contribution in [2.24, 2.45) is 0 Å². The molecule has 4 N–H and O–H groups in total. The number of rotatable bonds is 11. The van der Waals surface area contributed by atoms with Gasteiger partial charge in [-0.15, -0.1) is 0 Å². The van der Waals surface area contributed by atoms with E-state index >= 15 is 0 Å². The number of nitrogens with one attached hydrogen (secondary N) is 2. The molecular weight excluding hydrogens is 212 g/mol. The average Bonchev–Trinajstić information content (AvgIpc) is 2.20. The molecule has 0 saturated carbocycles. The zero-order valence-corrected chi connectivity index (χ0v) is 9.37. The van der Waals surface area contributed by atoms with Crippen molar-refractivity contribution in [1.29, 1.82) is 0 Å². The first kappa shape index (κ1) is 14.9. The second kappa shape index (κ2) is 10.4. The molecule has 16 heavy (non-hydrogen) atoms. The topological polar surface area (TPSA) is 98.7 Å². The fourth-order valence-electron chi connectivity index (χ4n) is 1.14. The fraction of sp³-hybridized carbons (Fsp3) is 0.800. The third-order valence-corrected chi connectivity index (χ3v) is 1.99. The molecule has 0 heterocycles. The number of carboxylic acid groups (broad SMARTS) is 2. The van der Waals surface area contributed by atoms with Gasteiger partial charge in [-0.25, -0.2) is 0 Å². The van der Waals surface area contributed by atoms with E-state index in [2.05, 4.69) is 10.6 Å². The first-order valence-corrected chi connectivity index (χ1v) is 5.48. The van der Waals surface area contributed by atoms with Gasteiger partial charge in [0, 0.05) is 13.1 Å². The van der Waals surface area contributed by atoms with Crippen molar-refractivity contribution in [3.8, 4) is 0 Å². The molecule has 0 aliphatic heterocycles. The highest BCUT2D eigenvalue weighted by molar-refractivity contribution is 5.67. The van der Waals surface area contributed by atoms with Crippen LogP contribution in [0.4, 0.5) is 0 Å². The molecular formula is C10H20N2O4. The number of hydrogen-bond donors (Lipinski definition) is 4. The van der Waals surface area contributed by atoms with E-state index in [9.17, 15) is 9.59 Å². The first-order valence-electron chi connectivity index (χ1n) is 5.48. The largest absolute Gasteiger partial charge is 0.481 e. The predicted octanol–water partition coefficient (Wildman–Crippen LogP) is -0.105. The third-order valence-electron chi connectivity index (χ3n) is 1.99. The van der Waals surface area contributed by atoms with Crippen molar-refractivity contribution in [2.75, 3.05) is 26.2 Å². The summed E-state index contributed by atoms with van der Waals surface area (Å²) in [6, 6.07) is 0. The maximum Gasteiger partial charge on any atom is 0.304 e. The van der Waals surface area contributed by atoms with E-state index in [0.717, 1.165) is 25.9 Å². The molecule has 0 fully saturated rings. The van der Waals surface area contributed by atoms with Crippen LogP contribution >= 0.6 is 0 Å². The summed E-state index contributed by atoms with van der Waals surface area (Å²) in [5.41, 5.74) is 0. The van der Waals surface area contributed by atoms with Gasteiger partial charge >= 0.3 is 11.9 Å². The Hall–Kier alpha value is -1.14. The molecule has 94 valence electrons. The minimum absolute atomic E-state index is 0.150. The SMILES string of the molecule is O=C(O)CCNCCCCNCCC(=O)O. The molecule has 0 aromatic rings. The summed E-state index contributed by atoms with van der Waals surface area (Å²) in [5, 5.41) is 22.8. The zero-order chi connectivity index (χ0) is 12.2. The average molecular weight is 232 g/mol. The Balaban J connectivity index is 2.98. The molecule has 0 spiro atoms. The molecule has 0 aromatic heterocycles. The van der Waals surface area contributed by atoms with Crippen molar-refractivity contribution in [3.05, 3.63) is 0 Å². The van der Waals surface area contributed by atoms with Gasteiger partial charge in [-0.1, -0.05) is 0 Å². The van der Waals surface area contributed by atoms with Gasteiger partial charge in [0.2, 0.25) is 0 Å². The van der Waals surface area contributed by atoms with Gasteiger partial charge in [-0.3, -0.25) is 9.59 Å². The number of carbonyl (C=O) groups is 2. The lowest BCUT2D eigenvalue weighted by Crippen LogP contribution is -2.22. The first-order chi connectivity index (χ1) is 7.63. The van der Waals surface area contributed by atoms with E-state index in [1.165, 1.54) is 0 Å². The van der Waals surface area contributed by atoms with Crippen molar-refractivity contribution in [1.82, 2.24) is 10.6 Å². The molecule has 0 radical (unpaired) electrons. The number of unbranched alkanes of at least 4 members (excludes halogenated alkanes) is 1. The van der Waals surface area contributed by atoms with Crippen LogP contribution in [0.2, 0.25) is 0 Å². The van der Waals surface area contributed by atoms with Crippen LogP contribution in [0.15, 0.2) is 0 Å². The quantitative estimate of drug-likeness (QED) is 0.371. The lowest BCUT2D eigenvalue weighted by molar-refractivity contribution is -0.137. The molecule has 0 bridgehead atoms. The summed E-state index contributed by atoms with van der Waals surface area (Å²) >= 11 is 0. The second-order valence-electron chi connectivity index (χ2n) is 3.49. The molecule has 0 atom stereocenters. The van der Waals surface area contributed by atoms with Crippen LogP contribution in [0, 0.1) is 0 Å². The van der Waals surface area contributed by atoms with E-state index in [1.54, 1.807) is 0 Å². The summed E-state index contributed by atoms with van der Waals surface area (Å²) in [6.07, 6.45) is 2.22. The Bertz CT molecular complexity index is 187. The second-order valence-corrected chi connectivity index (χ2v) is 3.49.